The van der Waals surface area contributed by atoms with Crippen LogP contribution in [0.4, 0.5) is 0 Å². The van der Waals surface area contributed by atoms with E-state index in [1.54, 1.807) is 6.20 Å². The Labute approximate surface area is 98.6 Å². The minimum atomic E-state index is -0.294. The van der Waals surface area contributed by atoms with Gasteiger partial charge in [0, 0.05) is 24.7 Å². The molecule has 1 aromatic heterocycles. The molecule has 1 aromatic carbocycles. The maximum absolute atomic E-state index is 11.7. The monoisotopic (exact) mass is 228 g/mol. The Hall–Kier alpha value is -1.94. The lowest BCUT2D eigenvalue weighted by Gasteiger charge is -2.09. The van der Waals surface area contributed by atoms with Crippen molar-refractivity contribution >= 4 is 16.9 Å². The Morgan fingerprint density at radius 2 is 2.24 bits per heavy atom. The van der Waals surface area contributed by atoms with Crippen molar-refractivity contribution in [2.24, 2.45) is 0 Å². The van der Waals surface area contributed by atoms with Crippen LogP contribution < -0.4 is 5.32 Å². The predicted octanol–water partition coefficient (Wildman–Crippen LogP) is 1.62. The van der Waals surface area contributed by atoms with E-state index in [0.29, 0.717) is 12.1 Å². The van der Waals surface area contributed by atoms with E-state index in [0.717, 1.165) is 28.6 Å². The van der Waals surface area contributed by atoms with Gasteiger partial charge in [-0.15, -0.1) is 0 Å². The summed E-state index contributed by atoms with van der Waals surface area (Å²) >= 11 is 0. The lowest BCUT2D eigenvalue weighted by atomic mass is 9.98. The maximum Gasteiger partial charge on any atom is 0.338 e. The minimum absolute atomic E-state index is 0.294. The van der Waals surface area contributed by atoms with Crippen LogP contribution in [0.5, 0.6) is 0 Å². The first-order valence-electron chi connectivity index (χ1n) is 5.50. The summed E-state index contributed by atoms with van der Waals surface area (Å²) < 4.78 is 4.82. The lowest BCUT2D eigenvalue weighted by molar-refractivity contribution is 0.0599. The third kappa shape index (κ3) is 1.49. The number of esters is 1. The van der Waals surface area contributed by atoms with Gasteiger partial charge in [0.2, 0.25) is 0 Å². The largest absolute Gasteiger partial charge is 0.465 e. The minimum Gasteiger partial charge on any atom is -0.465 e. The van der Waals surface area contributed by atoms with Crippen LogP contribution >= 0.6 is 0 Å². The lowest BCUT2D eigenvalue weighted by Crippen LogP contribution is -2.07. The number of nitrogens with zero attached hydrogens (tertiary/aromatic N) is 1. The highest BCUT2D eigenvalue weighted by Crippen LogP contribution is 2.28. The smallest absolute Gasteiger partial charge is 0.338 e. The van der Waals surface area contributed by atoms with Gasteiger partial charge in [0.15, 0.2) is 0 Å². The van der Waals surface area contributed by atoms with Crippen LogP contribution in [-0.4, -0.2) is 18.1 Å². The molecule has 0 amide bonds. The van der Waals surface area contributed by atoms with E-state index < -0.39 is 0 Å². The fraction of sp³-hybridized carbons (Fsp3) is 0.231. The van der Waals surface area contributed by atoms with E-state index in [1.165, 1.54) is 7.11 Å². The second-order valence-corrected chi connectivity index (χ2v) is 4.05. The fourth-order valence-corrected chi connectivity index (χ4v) is 2.35. The highest BCUT2D eigenvalue weighted by atomic mass is 16.5. The molecule has 0 unspecified atom stereocenters. The van der Waals surface area contributed by atoms with Crippen LogP contribution in [0, 0.1) is 0 Å². The number of benzene rings is 1. The van der Waals surface area contributed by atoms with E-state index in [9.17, 15) is 4.79 Å². The van der Waals surface area contributed by atoms with Gasteiger partial charge in [-0.25, -0.2) is 4.79 Å². The molecule has 0 spiro atoms. The fourth-order valence-electron chi connectivity index (χ4n) is 2.35. The zero-order valence-electron chi connectivity index (χ0n) is 9.49. The van der Waals surface area contributed by atoms with Gasteiger partial charge in [-0.05, 0) is 23.3 Å². The molecular formula is C13H12N2O2. The molecule has 0 atom stereocenters. The second kappa shape index (κ2) is 3.82. The number of pyridine rings is 1. The second-order valence-electron chi connectivity index (χ2n) is 4.05. The molecule has 3 rings (SSSR count). The number of carbonyl (C=O) groups is 1. The van der Waals surface area contributed by atoms with Crippen LogP contribution in [0.15, 0.2) is 24.4 Å². The van der Waals surface area contributed by atoms with Gasteiger partial charge in [-0.3, -0.25) is 4.98 Å². The van der Waals surface area contributed by atoms with Crippen molar-refractivity contribution in [1.82, 2.24) is 10.3 Å². The number of carbonyl (C=O) groups excluding carboxylic acids is 1. The van der Waals surface area contributed by atoms with Crippen molar-refractivity contribution < 1.29 is 9.53 Å². The molecule has 0 radical (unpaired) electrons. The highest BCUT2D eigenvalue weighted by molar-refractivity contribution is 5.98. The molecular weight excluding hydrogens is 216 g/mol. The third-order valence-corrected chi connectivity index (χ3v) is 3.14. The quantitative estimate of drug-likeness (QED) is 0.754. The number of methoxy groups -OCH3 is 1. The molecule has 1 N–H and O–H groups in total. The predicted molar refractivity (Wildman–Crippen MR) is 63.6 cm³/mol. The van der Waals surface area contributed by atoms with Crippen LogP contribution in [-0.2, 0) is 17.8 Å². The van der Waals surface area contributed by atoms with Gasteiger partial charge >= 0.3 is 5.97 Å². The Morgan fingerprint density at radius 1 is 1.41 bits per heavy atom. The summed E-state index contributed by atoms with van der Waals surface area (Å²) in [6.07, 6.45) is 1.73. The molecule has 4 nitrogen and oxygen atoms in total. The standard InChI is InChI=1S/C13H12N2O2/c1-17-13(16)9-5-12-8(3-2-4-15-12)10-6-14-7-11(9)10/h2-5,14H,6-7H2,1H3. The van der Waals surface area contributed by atoms with Gasteiger partial charge in [-0.2, -0.15) is 0 Å². The van der Waals surface area contributed by atoms with E-state index >= 15 is 0 Å². The van der Waals surface area contributed by atoms with Crippen molar-refractivity contribution in [3.63, 3.8) is 0 Å². The van der Waals surface area contributed by atoms with Crippen LogP contribution in [0.25, 0.3) is 10.9 Å². The molecule has 0 bridgehead atoms. The Balaban J connectivity index is 2.34. The number of nitrogens with one attached hydrogen (secondary N) is 1. The topological polar surface area (TPSA) is 51.2 Å². The third-order valence-electron chi connectivity index (χ3n) is 3.14. The van der Waals surface area contributed by atoms with Crippen molar-refractivity contribution in [3.05, 3.63) is 41.1 Å². The van der Waals surface area contributed by atoms with E-state index in [-0.39, 0.29) is 5.97 Å². The van der Waals surface area contributed by atoms with Crippen molar-refractivity contribution in [3.8, 4) is 0 Å². The normalized spacial score (nSPS) is 13.7. The van der Waals surface area contributed by atoms with Gasteiger partial charge in [0.05, 0.1) is 18.2 Å². The average Bonchev–Trinajstić information content (AvgIpc) is 2.86. The molecule has 4 heteroatoms. The summed E-state index contributed by atoms with van der Waals surface area (Å²) in [5.41, 5.74) is 3.67. The summed E-state index contributed by atoms with van der Waals surface area (Å²) in [5.74, 6) is -0.294. The van der Waals surface area contributed by atoms with Gasteiger partial charge in [-0.1, -0.05) is 6.07 Å². The summed E-state index contributed by atoms with van der Waals surface area (Å²) in [6.45, 7) is 1.49. The first kappa shape index (κ1) is 10.2. The van der Waals surface area contributed by atoms with Crippen LogP contribution in [0.3, 0.4) is 0 Å². The van der Waals surface area contributed by atoms with E-state index in [4.69, 9.17) is 4.74 Å². The number of ether oxygens (including phenoxy) is 1. The Kier molecular flexibility index (Phi) is 2.30. The Bertz CT molecular complexity index is 608. The first-order valence-corrected chi connectivity index (χ1v) is 5.50. The Morgan fingerprint density at radius 3 is 3.06 bits per heavy atom. The molecule has 86 valence electrons. The SMILES string of the molecule is COC(=O)c1cc2ncccc2c2c1CNC2. The number of fused-ring (bicyclic) bond motifs is 3. The molecule has 0 fully saturated rings. The van der Waals surface area contributed by atoms with Crippen molar-refractivity contribution in [2.45, 2.75) is 13.1 Å². The molecule has 0 aliphatic carbocycles. The van der Waals surface area contributed by atoms with E-state index in [2.05, 4.69) is 10.3 Å². The highest BCUT2D eigenvalue weighted by Gasteiger charge is 2.22. The van der Waals surface area contributed by atoms with Crippen LogP contribution in [0.2, 0.25) is 0 Å². The average molecular weight is 228 g/mol. The summed E-state index contributed by atoms with van der Waals surface area (Å²) in [4.78, 5) is 16.0. The number of rotatable bonds is 1. The maximum atomic E-state index is 11.7. The summed E-state index contributed by atoms with van der Waals surface area (Å²) in [5, 5.41) is 4.37. The van der Waals surface area contributed by atoms with Crippen molar-refractivity contribution in [2.75, 3.05) is 7.11 Å². The van der Waals surface area contributed by atoms with Gasteiger partial charge in [0.25, 0.3) is 0 Å². The molecule has 1 aliphatic rings. The zero-order chi connectivity index (χ0) is 11.8. The summed E-state index contributed by atoms with van der Waals surface area (Å²) in [7, 11) is 1.40. The number of hydrogen-bond acceptors (Lipinski definition) is 4. The van der Waals surface area contributed by atoms with Crippen molar-refractivity contribution in [1.29, 1.82) is 0 Å². The molecule has 0 saturated carbocycles. The molecule has 2 heterocycles. The first-order chi connectivity index (χ1) is 8.31. The van der Waals surface area contributed by atoms with Crippen LogP contribution in [0.1, 0.15) is 21.5 Å². The van der Waals surface area contributed by atoms with Gasteiger partial charge in [0.1, 0.15) is 0 Å². The number of hydrogen-bond donors (Lipinski definition) is 1. The molecule has 0 saturated heterocycles. The summed E-state index contributed by atoms with van der Waals surface area (Å²) in [6, 6.07) is 5.76. The number of aromatic nitrogens is 1. The molecule has 17 heavy (non-hydrogen) atoms. The van der Waals surface area contributed by atoms with Gasteiger partial charge < -0.3 is 10.1 Å². The zero-order valence-corrected chi connectivity index (χ0v) is 9.49. The molecule has 2 aromatic rings. The van der Waals surface area contributed by atoms with E-state index in [1.807, 2.05) is 18.2 Å². The molecule has 1 aliphatic heterocycles.